The average molecular weight is 224 g/mol. The summed E-state index contributed by atoms with van der Waals surface area (Å²) in [5, 5.41) is 8.57. The number of carboxylic acid groups (broad SMARTS) is 1. The van der Waals surface area contributed by atoms with E-state index in [0.717, 1.165) is 0 Å². The molecule has 0 radical (unpaired) electrons. The van der Waals surface area contributed by atoms with Crippen LogP contribution in [-0.2, 0) is 11.2 Å². The van der Waals surface area contributed by atoms with Crippen LogP contribution in [0.5, 0.6) is 0 Å². The molecule has 0 amide bonds. The number of aliphatic carboxylic acids is 1. The smallest absolute Gasteiger partial charge is 0.303 e. The second-order valence-electron chi connectivity index (χ2n) is 4.06. The Labute approximate surface area is 93.5 Å². The average Bonchev–Trinajstić information content (AvgIpc) is 2.15. The minimum Gasteiger partial charge on any atom is -0.481 e. The second-order valence-corrected chi connectivity index (χ2v) is 4.06. The molecule has 1 heterocycles. The molecule has 0 aliphatic carbocycles. The molecule has 0 saturated heterocycles. The quantitative estimate of drug-likeness (QED) is 0.805. The van der Waals surface area contributed by atoms with Gasteiger partial charge in [-0.05, 0) is 13.3 Å². The van der Waals surface area contributed by atoms with Gasteiger partial charge in [0.1, 0.15) is 5.82 Å². The molecule has 5 heteroatoms. The van der Waals surface area contributed by atoms with E-state index in [4.69, 9.17) is 5.11 Å². The minimum absolute atomic E-state index is 0.0490. The van der Waals surface area contributed by atoms with E-state index in [1.165, 1.54) is 0 Å². The fraction of sp³-hybridized carbons (Fsp3) is 0.545. The number of nitrogens with one attached hydrogen (secondary N) is 1. The number of aromatic amines is 1. The van der Waals surface area contributed by atoms with E-state index in [1.54, 1.807) is 6.92 Å². The van der Waals surface area contributed by atoms with Crippen molar-refractivity contribution < 1.29 is 9.90 Å². The van der Waals surface area contributed by atoms with Crippen molar-refractivity contribution in [1.82, 2.24) is 9.97 Å². The van der Waals surface area contributed by atoms with Crippen LogP contribution < -0.4 is 5.56 Å². The molecule has 0 bridgehead atoms. The molecule has 2 N–H and O–H groups in total. The molecule has 0 spiro atoms. The molecule has 1 rings (SSSR count). The van der Waals surface area contributed by atoms with Crippen molar-refractivity contribution >= 4 is 5.97 Å². The monoisotopic (exact) mass is 224 g/mol. The van der Waals surface area contributed by atoms with E-state index in [1.807, 2.05) is 13.8 Å². The van der Waals surface area contributed by atoms with E-state index in [-0.39, 0.29) is 24.3 Å². The zero-order chi connectivity index (χ0) is 12.3. The zero-order valence-electron chi connectivity index (χ0n) is 9.70. The maximum atomic E-state index is 11.7. The predicted molar refractivity (Wildman–Crippen MR) is 59.6 cm³/mol. The Balaban J connectivity index is 3.03. The normalized spacial score (nSPS) is 10.8. The van der Waals surface area contributed by atoms with Gasteiger partial charge in [-0.25, -0.2) is 4.98 Å². The summed E-state index contributed by atoms with van der Waals surface area (Å²) >= 11 is 0. The fourth-order valence-electron chi connectivity index (χ4n) is 1.43. The van der Waals surface area contributed by atoms with Crippen molar-refractivity contribution in [3.05, 3.63) is 27.4 Å². The summed E-state index contributed by atoms with van der Waals surface area (Å²) in [6.07, 6.45) is 0.175. The molecule has 0 aliphatic rings. The van der Waals surface area contributed by atoms with E-state index < -0.39 is 5.97 Å². The Morgan fingerprint density at radius 3 is 2.56 bits per heavy atom. The van der Waals surface area contributed by atoms with Gasteiger partial charge in [0.05, 0.1) is 0 Å². The molecule has 16 heavy (non-hydrogen) atoms. The molecule has 0 fully saturated rings. The van der Waals surface area contributed by atoms with Gasteiger partial charge in [0, 0.05) is 23.6 Å². The predicted octanol–water partition coefficient (Wildman–Crippen LogP) is 1.22. The van der Waals surface area contributed by atoms with Gasteiger partial charge in [0.25, 0.3) is 5.56 Å². The Hall–Kier alpha value is -1.65. The lowest BCUT2D eigenvalue weighted by atomic mass is 10.1. The van der Waals surface area contributed by atoms with E-state index in [0.29, 0.717) is 17.1 Å². The van der Waals surface area contributed by atoms with Crippen LogP contribution in [0.1, 0.15) is 43.3 Å². The van der Waals surface area contributed by atoms with Gasteiger partial charge in [-0.1, -0.05) is 13.8 Å². The number of aryl methyl sites for hydroxylation is 1. The number of nitrogens with zero attached hydrogens (tertiary/aromatic N) is 1. The second kappa shape index (κ2) is 4.92. The Morgan fingerprint density at radius 2 is 2.12 bits per heavy atom. The van der Waals surface area contributed by atoms with Crippen LogP contribution in [0.3, 0.4) is 0 Å². The Bertz CT molecular complexity index is 449. The first kappa shape index (κ1) is 12.4. The Morgan fingerprint density at radius 1 is 1.50 bits per heavy atom. The summed E-state index contributed by atoms with van der Waals surface area (Å²) in [6.45, 7) is 5.61. The highest BCUT2D eigenvalue weighted by molar-refractivity contribution is 5.67. The van der Waals surface area contributed by atoms with Gasteiger partial charge in [-0.2, -0.15) is 0 Å². The fourth-order valence-corrected chi connectivity index (χ4v) is 1.43. The van der Waals surface area contributed by atoms with Gasteiger partial charge in [-0.3, -0.25) is 9.59 Å². The van der Waals surface area contributed by atoms with Crippen LogP contribution in [0, 0.1) is 6.92 Å². The lowest BCUT2D eigenvalue weighted by Crippen LogP contribution is -2.20. The summed E-state index contributed by atoms with van der Waals surface area (Å²) < 4.78 is 0. The van der Waals surface area contributed by atoms with Crippen molar-refractivity contribution in [3.8, 4) is 0 Å². The van der Waals surface area contributed by atoms with Crippen molar-refractivity contribution in [1.29, 1.82) is 0 Å². The number of hydrogen-bond acceptors (Lipinski definition) is 3. The zero-order valence-corrected chi connectivity index (χ0v) is 9.70. The summed E-state index contributed by atoms with van der Waals surface area (Å²) in [5.41, 5.74) is 0.859. The maximum absolute atomic E-state index is 11.7. The molecule has 0 saturated carbocycles. The summed E-state index contributed by atoms with van der Waals surface area (Å²) in [4.78, 5) is 29.1. The first-order chi connectivity index (χ1) is 7.41. The van der Waals surface area contributed by atoms with Gasteiger partial charge in [0.2, 0.25) is 0 Å². The number of H-pyrrole nitrogens is 1. The van der Waals surface area contributed by atoms with Crippen LogP contribution in [0.15, 0.2) is 4.79 Å². The van der Waals surface area contributed by atoms with Crippen LogP contribution >= 0.6 is 0 Å². The van der Waals surface area contributed by atoms with E-state index >= 15 is 0 Å². The van der Waals surface area contributed by atoms with Crippen LogP contribution in [-0.4, -0.2) is 21.0 Å². The molecule has 1 aromatic heterocycles. The van der Waals surface area contributed by atoms with Crippen molar-refractivity contribution in [2.45, 2.75) is 39.5 Å². The van der Waals surface area contributed by atoms with Crippen molar-refractivity contribution in [2.24, 2.45) is 0 Å². The van der Waals surface area contributed by atoms with Gasteiger partial charge in [-0.15, -0.1) is 0 Å². The van der Waals surface area contributed by atoms with Gasteiger partial charge >= 0.3 is 5.97 Å². The number of carbonyl (C=O) groups is 1. The third kappa shape index (κ3) is 2.92. The molecule has 1 aromatic rings. The number of rotatable bonds is 4. The maximum Gasteiger partial charge on any atom is 0.303 e. The van der Waals surface area contributed by atoms with Crippen molar-refractivity contribution in [3.63, 3.8) is 0 Å². The van der Waals surface area contributed by atoms with Gasteiger partial charge in [0.15, 0.2) is 0 Å². The number of carboxylic acids is 1. The highest BCUT2D eigenvalue weighted by Crippen LogP contribution is 2.09. The molecule has 0 atom stereocenters. The van der Waals surface area contributed by atoms with Gasteiger partial charge < -0.3 is 10.1 Å². The molecular weight excluding hydrogens is 208 g/mol. The lowest BCUT2D eigenvalue weighted by Gasteiger charge is -2.08. The summed E-state index contributed by atoms with van der Waals surface area (Å²) in [6, 6.07) is 0. The third-order valence-electron chi connectivity index (χ3n) is 2.38. The molecule has 0 unspecified atom stereocenters. The van der Waals surface area contributed by atoms with Crippen LogP contribution in [0.2, 0.25) is 0 Å². The van der Waals surface area contributed by atoms with E-state index in [9.17, 15) is 9.59 Å². The standard InChI is InChI=1S/C11H16N2O3/c1-6(2)10-12-7(3)8(11(16)13-10)4-5-9(14)15/h6H,4-5H2,1-3H3,(H,14,15)(H,12,13,16). The SMILES string of the molecule is Cc1nc(C(C)C)[nH]c(=O)c1CCC(=O)O. The molecule has 0 aliphatic heterocycles. The molecule has 5 nitrogen and oxygen atoms in total. The highest BCUT2D eigenvalue weighted by atomic mass is 16.4. The number of aromatic nitrogens is 2. The highest BCUT2D eigenvalue weighted by Gasteiger charge is 2.11. The first-order valence-corrected chi connectivity index (χ1v) is 5.23. The summed E-state index contributed by atoms with van der Waals surface area (Å²) in [5.74, 6) is -0.117. The van der Waals surface area contributed by atoms with Crippen LogP contribution in [0.25, 0.3) is 0 Å². The van der Waals surface area contributed by atoms with Crippen LogP contribution in [0.4, 0.5) is 0 Å². The first-order valence-electron chi connectivity index (χ1n) is 5.23. The summed E-state index contributed by atoms with van der Waals surface area (Å²) in [7, 11) is 0. The molecule has 0 aromatic carbocycles. The number of hydrogen-bond donors (Lipinski definition) is 2. The molecular formula is C11H16N2O3. The third-order valence-corrected chi connectivity index (χ3v) is 2.38. The largest absolute Gasteiger partial charge is 0.481 e. The minimum atomic E-state index is -0.910. The molecule has 88 valence electrons. The lowest BCUT2D eigenvalue weighted by molar-refractivity contribution is -0.136. The van der Waals surface area contributed by atoms with E-state index in [2.05, 4.69) is 9.97 Å². The van der Waals surface area contributed by atoms with Crippen molar-refractivity contribution in [2.75, 3.05) is 0 Å². The Kier molecular flexibility index (Phi) is 3.82. The topological polar surface area (TPSA) is 83.0 Å².